The van der Waals surface area contributed by atoms with Crippen LogP contribution in [0.25, 0.3) is 0 Å². The summed E-state index contributed by atoms with van der Waals surface area (Å²) in [5.74, 6) is 1.39. The van der Waals surface area contributed by atoms with Crippen molar-refractivity contribution >= 4 is 11.8 Å². The second kappa shape index (κ2) is 6.05. The van der Waals surface area contributed by atoms with Crippen LogP contribution in [0.15, 0.2) is 0 Å². The van der Waals surface area contributed by atoms with E-state index in [1.54, 1.807) is 11.8 Å². The fourth-order valence-electron chi connectivity index (χ4n) is 1.14. The predicted octanol–water partition coefficient (Wildman–Crippen LogP) is 2.15. The lowest BCUT2D eigenvalue weighted by molar-refractivity contribution is 0.125. The number of aliphatic hydroxyl groups excluding tert-OH is 1. The van der Waals surface area contributed by atoms with E-state index in [-0.39, 0.29) is 6.10 Å². The lowest BCUT2D eigenvalue weighted by Gasteiger charge is -2.18. The van der Waals surface area contributed by atoms with E-state index in [1.807, 2.05) is 6.26 Å². The van der Waals surface area contributed by atoms with Crippen LogP contribution in [0.5, 0.6) is 0 Å². The fourth-order valence-corrected chi connectivity index (χ4v) is 1.75. The van der Waals surface area contributed by atoms with Gasteiger partial charge in [0.25, 0.3) is 0 Å². The summed E-state index contributed by atoms with van der Waals surface area (Å²) in [6.45, 7) is 4.27. The van der Waals surface area contributed by atoms with Crippen LogP contribution in [-0.4, -0.2) is 23.2 Å². The summed E-state index contributed by atoms with van der Waals surface area (Å²) >= 11 is 1.72. The number of rotatable bonds is 5. The topological polar surface area (TPSA) is 20.2 Å². The van der Waals surface area contributed by atoms with Crippen LogP contribution in [0, 0.1) is 5.92 Å². The van der Waals surface area contributed by atoms with E-state index in [9.17, 15) is 5.11 Å². The van der Waals surface area contributed by atoms with Gasteiger partial charge in [-0.25, -0.2) is 0 Å². The van der Waals surface area contributed by atoms with Crippen molar-refractivity contribution in [2.75, 3.05) is 12.0 Å². The van der Waals surface area contributed by atoms with Gasteiger partial charge in [-0.1, -0.05) is 26.7 Å². The standard InChI is InChI=1S/C8H18OS/c1-4-7(5-2)8(9)6-10-3/h7-9H,4-6H2,1-3H3. The highest BCUT2D eigenvalue weighted by molar-refractivity contribution is 7.98. The Morgan fingerprint density at radius 3 is 2.10 bits per heavy atom. The van der Waals surface area contributed by atoms with Crippen molar-refractivity contribution < 1.29 is 5.11 Å². The maximum Gasteiger partial charge on any atom is 0.0658 e. The molecule has 1 atom stereocenters. The summed E-state index contributed by atoms with van der Waals surface area (Å²) in [6, 6.07) is 0. The molecule has 0 saturated carbocycles. The van der Waals surface area contributed by atoms with E-state index in [4.69, 9.17) is 0 Å². The highest BCUT2D eigenvalue weighted by Gasteiger charge is 2.13. The first-order valence-corrected chi connectivity index (χ1v) is 5.32. The second-order valence-corrected chi connectivity index (χ2v) is 3.51. The van der Waals surface area contributed by atoms with Crippen LogP contribution in [-0.2, 0) is 0 Å². The van der Waals surface area contributed by atoms with E-state index in [1.165, 1.54) is 0 Å². The zero-order valence-corrected chi connectivity index (χ0v) is 7.95. The molecule has 1 N–H and O–H groups in total. The van der Waals surface area contributed by atoms with Crippen molar-refractivity contribution in [1.82, 2.24) is 0 Å². The molecule has 0 aliphatic rings. The van der Waals surface area contributed by atoms with Crippen LogP contribution in [0.3, 0.4) is 0 Å². The van der Waals surface area contributed by atoms with Crippen LogP contribution < -0.4 is 0 Å². The largest absolute Gasteiger partial charge is 0.392 e. The first-order valence-electron chi connectivity index (χ1n) is 3.93. The van der Waals surface area contributed by atoms with E-state index >= 15 is 0 Å². The number of aliphatic hydroxyl groups is 1. The molecule has 10 heavy (non-hydrogen) atoms. The van der Waals surface area contributed by atoms with Gasteiger partial charge in [-0.2, -0.15) is 11.8 Å². The van der Waals surface area contributed by atoms with Gasteiger partial charge >= 0.3 is 0 Å². The van der Waals surface area contributed by atoms with Gasteiger partial charge in [0.2, 0.25) is 0 Å². The molecule has 0 aliphatic heterocycles. The van der Waals surface area contributed by atoms with Gasteiger partial charge in [0.1, 0.15) is 0 Å². The lowest BCUT2D eigenvalue weighted by atomic mass is 9.98. The van der Waals surface area contributed by atoms with Gasteiger partial charge in [0.05, 0.1) is 6.10 Å². The minimum absolute atomic E-state index is 0.0926. The first-order chi connectivity index (χ1) is 4.76. The molecular weight excluding hydrogens is 144 g/mol. The third-order valence-electron chi connectivity index (χ3n) is 1.93. The summed E-state index contributed by atoms with van der Waals surface area (Å²) in [4.78, 5) is 0. The van der Waals surface area contributed by atoms with Gasteiger partial charge < -0.3 is 5.11 Å². The average Bonchev–Trinajstić information content (AvgIpc) is 1.91. The highest BCUT2D eigenvalue weighted by Crippen LogP contribution is 2.15. The maximum absolute atomic E-state index is 9.49. The Morgan fingerprint density at radius 1 is 1.30 bits per heavy atom. The van der Waals surface area contributed by atoms with Crippen LogP contribution in [0.1, 0.15) is 26.7 Å². The molecular formula is C8H18OS. The molecule has 0 amide bonds. The molecule has 0 aromatic rings. The SMILES string of the molecule is CCC(CC)C(O)CSC. The predicted molar refractivity (Wildman–Crippen MR) is 48.5 cm³/mol. The van der Waals surface area contributed by atoms with Gasteiger partial charge in [0, 0.05) is 5.75 Å². The zero-order valence-electron chi connectivity index (χ0n) is 7.13. The Balaban J connectivity index is 3.53. The molecule has 1 unspecified atom stereocenters. The van der Waals surface area contributed by atoms with Gasteiger partial charge in [-0.15, -0.1) is 0 Å². The van der Waals surface area contributed by atoms with Crippen LogP contribution in [0.2, 0.25) is 0 Å². The van der Waals surface area contributed by atoms with E-state index in [0.29, 0.717) is 5.92 Å². The molecule has 0 heterocycles. The monoisotopic (exact) mass is 162 g/mol. The zero-order chi connectivity index (χ0) is 7.98. The summed E-state index contributed by atoms with van der Waals surface area (Å²) in [7, 11) is 0. The molecule has 0 bridgehead atoms. The Kier molecular flexibility index (Phi) is 6.24. The highest BCUT2D eigenvalue weighted by atomic mass is 32.2. The Bertz CT molecular complexity index is 71.7. The molecule has 0 fully saturated rings. The molecule has 0 aliphatic carbocycles. The van der Waals surface area contributed by atoms with Crippen molar-refractivity contribution in [3.8, 4) is 0 Å². The quantitative estimate of drug-likeness (QED) is 0.668. The maximum atomic E-state index is 9.49. The lowest BCUT2D eigenvalue weighted by Crippen LogP contribution is -2.21. The van der Waals surface area contributed by atoms with Gasteiger partial charge in [-0.3, -0.25) is 0 Å². The number of hydrogen-bond donors (Lipinski definition) is 1. The van der Waals surface area contributed by atoms with Crippen LogP contribution >= 0.6 is 11.8 Å². The minimum atomic E-state index is -0.0926. The number of thioether (sulfide) groups is 1. The van der Waals surface area contributed by atoms with E-state index in [0.717, 1.165) is 18.6 Å². The first kappa shape index (κ1) is 10.3. The third kappa shape index (κ3) is 3.47. The average molecular weight is 162 g/mol. The molecule has 2 heteroatoms. The third-order valence-corrected chi connectivity index (χ3v) is 2.61. The van der Waals surface area contributed by atoms with Crippen molar-refractivity contribution in [1.29, 1.82) is 0 Å². The Labute approximate surface area is 68.2 Å². The summed E-state index contributed by atoms with van der Waals surface area (Å²) in [6.07, 6.45) is 4.13. The Morgan fingerprint density at radius 2 is 1.80 bits per heavy atom. The minimum Gasteiger partial charge on any atom is -0.392 e. The molecule has 62 valence electrons. The van der Waals surface area contributed by atoms with Crippen molar-refractivity contribution in [2.24, 2.45) is 5.92 Å². The summed E-state index contributed by atoms with van der Waals surface area (Å²) < 4.78 is 0. The molecule has 1 nitrogen and oxygen atoms in total. The molecule has 0 rings (SSSR count). The molecule has 0 radical (unpaired) electrons. The van der Waals surface area contributed by atoms with E-state index in [2.05, 4.69) is 13.8 Å². The van der Waals surface area contributed by atoms with E-state index < -0.39 is 0 Å². The van der Waals surface area contributed by atoms with Crippen molar-refractivity contribution in [3.63, 3.8) is 0 Å². The molecule has 0 aromatic heterocycles. The van der Waals surface area contributed by atoms with Crippen molar-refractivity contribution in [3.05, 3.63) is 0 Å². The van der Waals surface area contributed by atoms with Gasteiger partial charge in [-0.05, 0) is 12.2 Å². The molecule has 0 saturated heterocycles. The fraction of sp³-hybridized carbons (Fsp3) is 1.00. The summed E-state index contributed by atoms with van der Waals surface area (Å²) in [5, 5.41) is 9.49. The van der Waals surface area contributed by atoms with Gasteiger partial charge in [0.15, 0.2) is 0 Å². The summed E-state index contributed by atoms with van der Waals surface area (Å²) in [5.41, 5.74) is 0. The molecule has 0 aromatic carbocycles. The molecule has 0 spiro atoms. The smallest absolute Gasteiger partial charge is 0.0658 e. The van der Waals surface area contributed by atoms with Crippen molar-refractivity contribution in [2.45, 2.75) is 32.8 Å². The Hall–Kier alpha value is 0.310. The second-order valence-electron chi connectivity index (χ2n) is 2.60. The normalized spacial score (nSPS) is 14.1. The van der Waals surface area contributed by atoms with Crippen LogP contribution in [0.4, 0.5) is 0 Å². The number of hydrogen-bond acceptors (Lipinski definition) is 2.